The second-order valence-electron chi connectivity index (χ2n) is 7.37. The SMILES string of the molecule is Cc1ccccc1-n1cc(CN(C)c2cc(C3CC(N)C3)nc(N)n2)cn1. The van der Waals surface area contributed by atoms with Crippen LogP contribution in [0.15, 0.2) is 42.7 Å². The maximum absolute atomic E-state index is 5.94. The zero-order valence-electron chi connectivity index (χ0n) is 15.7. The number of nitrogens with zero attached hydrogens (tertiary/aromatic N) is 5. The van der Waals surface area contributed by atoms with Crippen LogP contribution in [0.1, 0.15) is 35.6 Å². The van der Waals surface area contributed by atoms with Crippen LogP contribution in [-0.2, 0) is 6.54 Å². The number of hydrogen-bond donors (Lipinski definition) is 2. The molecule has 3 aromatic rings. The van der Waals surface area contributed by atoms with Crippen LogP contribution in [0, 0.1) is 6.92 Å². The van der Waals surface area contributed by atoms with E-state index in [2.05, 4.69) is 45.2 Å². The third-order valence-electron chi connectivity index (χ3n) is 5.15. The highest BCUT2D eigenvalue weighted by Crippen LogP contribution is 2.35. The lowest BCUT2D eigenvalue weighted by Crippen LogP contribution is -2.35. The summed E-state index contributed by atoms with van der Waals surface area (Å²) in [4.78, 5) is 10.9. The molecule has 0 unspecified atom stereocenters. The van der Waals surface area contributed by atoms with Gasteiger partial charge in [0.2, 0.25) is 5.95 Å². The van der Waals surface area contributed by atoms with Gasteiger partial charge in [0.1, 0.15) is 5.82 Å². The van der Waals surface area contributed by atoms with E-state index >= 15 is 0 Å². The fourth-order valence-corrected chi connectivity index (χ4v) is 3.53. The van der Waals surface area contributed by atoms with Crippen molar-refractivity contribution in [2.24, 2.45) is 5.73 Å². The van der Waals surface area contributed by atoms with Crippen molar-refractivity contribution >= 4 is 11.8 Å². The molecule has 2 aromatic heterocycles. The molecule has 0 spiro atoms. The van der Waals surface area contributed by atoms with Gasteiger partial charge in [-0.2, -0.15) is 10.1 Å². The number of aromatic nitrogens is 4. The molecular weight excluding hydrogens is 338 g/mol. The molecule has 1 fully saturated rings. The Morgan fingerprint density at radius 2 is 2.00 bits per heavy atom. The molecule has 0 radical (unpaired) electrons. The third kappa shape index (κ3) is 3.64. The summed E-state index contributed by atoms with van der Waals surface area (Å²) >= 11 is 0. The van der Waals surface area contributed by atoms with Gasteiger partial charge < -0.3 is 16.4 Å². The Balaban J connectivity index is 1.51. The Bertz CT molecular complexity index is 943. The topological polar surface area (TPSA) is 98.9 Å². The number of rotatable bonds is 5. The standard InChI is InChI=1S/C20H25N7/c1-13-5-3-4-6-18(13)27-12-14(10-23-27)11-26(2)19-9-17(24-20(22)25-19)15-7-16(21)8-15/h3-6,9-10,12,15-16H,7-8,11,21H2,1-2H3,(H2,22,24,25). The molecule has 4 rings (SSSR count). The Hall–Kier alpha value is -2.93. The van der Waals surface area contributed by atoms with Gasteiger partial charge in [0.15, 0.2) is 0 Å². The van der Waals surface area contributed by atoms with Crippen LogP contribution in [0.5, 0.6) is 0 Å². The van der Waals surface area contributed by atoms with E-state index in [0.717, 1.165) is 35.6 Å². The molecule has 140 valence electrons. The highest BCUT2D eigenvalue weighted by molar-refractivity contribution is 5.45. The van der Waals surface area contributed by atoms with Gasteiger partial charge in [0.25, 0.3) is 0 Å². The monoisotopic (exact) mass is 363 g/mol. The van der Waals surface area contributed by atoms with E-state index in [4.69, 9.17) is 11.5 Å². The van der Waals surface area contributed by atoms with E-state index in [1.165, 1.54) is 5.56 Å². The minimum Gasteiger partial charge on any atom is -0.368 e. The fourth-order valence-electron chi connectivity index (χ4n) is 3.53. The van der Waals surface area contributed by atoms with E-state index in [1.807, 2.05) is 36.1 Å². The van der Waals surface area contributed by atoms with Gasteiger partial charge >= 0.3 is 0 Å². The van der Waals surface area contributed by atoms with Crippen molar-refractivity contribution in [2.75, 3.05) is 17.7 Å². The first-order valence-electron chi connectivity index (χ1n) is 9.20. The van der Waals surface area contributed by atoms with E-state index in [1.54, 1.807) is 0 Å². The fraction of sp³-hybridized carbons (Fsp3) is 0.350. The van der Waals surface area contributed by atoms with E-state index in [0.29, 0.717) is 18.4 Å². The number of hydrogen-bond acceptors (Lipinski definition) is 6. The number of nitrogens with two attached hydrogens (primary N) is 2. The molecule has 2 heterocycles. The predicted molar refractivity (Wildman–Crippen MR) is 107 cm³/mol. The first kappa shape index (κ1) is 17.5. The van der Waals surface area contributed by atoms with E-state index in [9.17, 15) is 0 Å². The van der Waals surface area contributed by atoms with Gasteiger partial charge in [-0.1, -0.05) is 18.2 Å². The van der Waals surface area contributed by atoms with Crippen LogP contribution < -0.4 is 16.4 Å². The Morgan fingerprint density at radius 1 is 1.22 bits per heavy atom. The van der Waals surface area contributed by atoms with Crippen LogP contribution in [0.3, 0.4) is 0 Å². The van der Waals surface area contributed by atoms with Crippen molar-refractivity contribution in [1.82, 2.24) is 19.7 Å². The summed E-state index contributed by atoms with van der Waals surface area (Å²) in [5.41, 5.74) is 16.2. The Kier molecular flexibility index (Phi) is 4.53. The summed E-state index contributed by atoms with van der Waals surface area (Å²) in [6.45, 7) is 2.77. The van der Waals surface area contributed by atoms with Crippen LogP contribution in [0.25, 0.3) is 5.69 Å². The lowest BCUT2D eigenvalue weighted by Gasteiger charge is -2.32. The van der Waals surface area contributed by atoms with Gasteiger partial charge in [-0.3, -0.25) is 0 Å². The van der Waals surface area contributed by atoms with Crippen molar-refractivity contribution in [3.05, 3.63) is 59.5 Å². The lowest BCUT2D eigenvalue weighted by molar-refractivity contribution is 0.345. The molecule has 1 aliphatic carbocycles. The lowest BCUT2D eigenvalue weighted by atomic mass is 9.78. The number of benzene rings is 1. The van der Waals surface area contributed by atoms with Gasteiger partial charge in [-0.15, -0.1) is 0 Å². The normalized spacial score (nSPS) is 18.9. The first-order chi connectivity index (χ1) is 13.0. The molecule has 0 saturated heterocycles. The van der Waals surface area contributed by atoms with Gasteiger partial charge in [0, 0.05) is 43.4 Å². The number of anilines is 2. The van der Waals surface area contributed by atoms with Crippen molar-refractivity contribution in [2.45, 2.75) is 38.3 Å². The van der Waals surface area contributed by atoms with Crippen LogP contribution in [0.4, 0.5) is 11.8 Å². The molecule has 1 aromatic carbocycles. The zero-order valence-corrected chi connectivity index (χ0v) is 15.7. The van der Waals surface area contributed by atoms with Crippen molar-refractivity contribution in [3.8, 4) is 5.69 Å². The average molecular weight is 363 g/mol. The Labute approximate surface area is 159 Å². The average Bonchev–Trinajstić information content (AvgIpc) is 3.07. The van der Waals surface area contributed by atoms with Gasteiger partial charge in [0.05, 0.1) is 17.6 Å². The number of aryl methyl sites for hydroxylation is 1. The largest absolute Gasteiger partial charge is 0.368 e. The summed E-state index contributed by atoms with van der Waals surface area (Å²) in [5, 5.41) is 4.51. The first-order valence-corrected chi connectivity index (χ1v) is 9.20. The van der Waals surface area contributed by atoms with Crippen LogP contribution >= 0.6 is 0 Å². The van der Waals surface area contributed by atoms with Gasteiger partial charge in [-0.05, 0) is 31.4 Å². The van der Waals surface area contributed by atoms with Crippen molar-refractivity contribution < 1.29 is 0 Å². The highest BCUT2D eigenvalue weighted by Gasteiger charge is 2.29. The van der Waals surface area contributed by atoms with E-state index < -0.39 is 0 Å². The highest BCUT2D eigenvalue weighted by atomic mass is 15.3. The van der Waals surface area contributed by atoms with Crippen molar-refractivity contribution in [1.29, 1.82) is 0 Å². The molecule has 7 nitrogen and oxygen atoms in total. The van der Waals surface area contributed by atoms with Crippen LogP contribution in [0.2, 0.25) is 0 Å². The molecular formula is C20H25N7. The minimum absolute atomic E-state index is 0.277. The summed E-state index contributed by atoms with van der Waals surface area (Å²) in [7, 11) is 2.00. The maximum Gasteiger partial charge on any atom is 0.222 e. The molecule has 4 N–H and O–H groups in total. The molecule has 1 saturated carbocycles. The molecule has 7 heteroatoms. The summed E-state index contributed by atoms with van der Waals surface area (Å²) in [6.07, 6.45) is 5.86. The van der Waals surface area contributed by atoms with E-state index in [-0.39, 0.29) is 6.04 Å². The molecule has 0 aliphatic heterocycles. The number of nitrogen functional groups attached to an aromatic ring is 1. The summed E-state index contributed by atoms with van der Waals surface area (Å²) in [6, 6.07) is 10.5. The minimum atomic E-state index is 0.277. The summed E-state index contributed by atoms with van der Waals surface area (Å²) in [5.74, 6) is 1.52. The maximum atomic E-state index is 5.94. The van der Waals surface area contributed by atoms with Crippen molar-refractivity contribution in [3.63, 3.8) is 0 Å². The summed E-state index contributed by atoms with van der Waals surface area (Å²) < 4.78 is 1.91. The molecule has 0 amide bonds. The second-order valence-corrected chi connectivity index (χ2v) is 7.37. The molecule has 0 bridgehead atoms. The van der Waals surface area contributed by atoms with Gasteiger partial charge in [-0.25, -0.2) is 9.67 Å². The smallest absolute Gasteiger partial charge is 0.222 e. The third-order valence-corrected chi connectivity index (χ3v) is 5.15. The molecule has 27 heavy (non-hydrogen) atoms. The second kappa shape index (κ2) is 7.00. The predicted octanol–water partition coefficient (Wildman–Crippen LogP) is 2.39. The molecule has 1 aliphatic rings. The number of para-hydroxylation sites is 1. The Morgan fingerprint density at radius 3 is 2.74 bits per heavy atom. The van der Waals surface area contributed by atoms with Crippen LogP contribution in [-0.4, -0.2) is 32.8 Å². The quantitative estimate of drug-likeness (QED) is 0.722. The zero-order chi connectivity index (χ0) is 19.0. The molecule has 0 atom stereocenters.